The Morgan fingerprint density at radius 2 is 2.32 bits per heavy atom. The van der Waals surface area contributed by atoms with E-state index in [1.807, 2.05) is 11.6 Å². The molecule has 106 valence electrons. The molecule has 0 bridgehead atoms. The number of nitrogens with zero attached hydrogens (tertiary/aromatic N) is 3. The number of sulfonamides is 1. The van der Waals surface area contributed by atoms with Crippen LogP contribution in [0.4, 0.5) is 0 Å². The zero-order valence-electron chi connectivity index (χ0n) is 11.0. The Kier molecular flexibility index (Phi) is 3.63. The Labute approximate surface area is 118 Å². The van der Waals surface area contributed by atoms with Gasteiger partial charge in [0.05, 0.1) is 12.8 Å². The van der Waals surface area contributed by atoms with E-state index in [0.717, 1.165) is 30.9 Å². The molecule has 2 aliphatic heterocycles. The normalized spacial score (nSPS) is 29.5. The molecule has 1 aromatic heterocycles. The molecule has 7 heteroatoms. The minimum atomic E-state index is -3.05. The second-order valence-corrected chi connectivity index (χ2v) is 8.41. The molecule has 0 aromatic carbocycles. The van der Waals surface area contributed by atoms with Crippen molar-refractivity contribution in [1.29, 1.82) is 0 Å². The third kappa shape index (κ3) is 2.84. The molecule has 0 N–H and O–H groups in total. The van der Waals surface area contributed by atoms with Crippen molar-refractivity contribution in [3.8, 4) is 0 Å². The molecule has 0 aliphatic carbocycles. The van der Waals surface area contributed by atoms with Crippen LogP contribution in [0.2, 0.25) is 0 Å². The van der Waals surface area contributed by atoms with Gasteiger partial charge in [0.1, 0.15) is 5.01 Å². The van der Waals surface area contributed by atoms with Crippen LogP contribution >= 0.6 is 11.3 Å². The monoisotopic (exact) mass is 301 g/mol. The van der Waals surface area contributed by atoms with E-state index in [1.165, 1.54) is 6.26 Å². The highest BCUT2D eigenvalue weighted by Crippen LogP contribution is 2.32. The lowest BCUT2D eigenvalue weighted by atomic mass is 9.92. The first-order valence-electron chi connectivity index (χ1n) is 6.61. The average Bonchev–Trinajstić information content (AvgIpc) is 2.96. The predicted molar refractivity (Wildman–Crippen MR) is 75.5 cm³/mol. The summed E-state index contributed by atoms with van der Waals surface area (Å²) in [5, 5.41) is 3.12. The Bertz CT molecular complexity index is 529. The van der Waals surface area contributed by atoms with Crippen LogP contribution in [0.25, 0.3) is 0 Å². The summed E-state index contributed by atoms with van der Waals surface area (Å²) in [6.45, 7) is 3.25. The summed E-state index contributed by atoms with van der Waals surface area (Å²) < 4.78 is 25.0. The first-order valence-corrected chi connectivity index (χ1v) is 9.34. The van der Waals surface area contributed by atoms with Crippen molar-refractivity contribution >= 4 is 21.4 Å². The molecule has 2 saturated heterocycles. The fraction of sp³-hybridized carbons (Fsp3) is 0.750. The number of aromatic nitrogens is 1. The third-order valence-corrected chi connectivity index (χ3v) is 6.15. The Morgan fingerprint density at radius 1 is 1.47 bits per heavy atom. The highest BCUT2D eigenvalue weighted by molar-refractivity contribution is 7.88. The summed E-state index contributed by atoms with van der Waals surface area (Å²) in [6, 6.07) is 0.368. The van der Waals surface area contributed by atoms with Gasteiger partial charge in [0.15, 0.2) is 0 Å². The van der Waals surface area contributed by atoms with Gasteiger partial charge in [0.25, 0.3) is 0 Å². The van der Waals surface area contributed by atoms with Gasteiger partial charge < -0.3 is 0 Å². The van der Waals surface area contributed by atoms with Gasteiger partial charge in [-0.2, -0.15) is 0 Å². The van der Waals surface area contributed by atoms with Crippen LogP contribution in [0.5, 0.6) is 0 Å². The van der Waals surface area contributed by atoms with E-state index >= 15 is 0 Å². The largest absolute Gasteiger partial charge is 0.292 e. The number of rotatable bonds is 3. The first kappa shape index (κ1) is 13.5. The van der Waals surface area contributed by atoms with Crippen molar-refractivity contribution in [2.75, 3.05) is 25.9 Å². The maximum Gasteiger partial charge on any atom is 0.211 e. The molecule has 0 radical (unpaired) electrons. The van der Waals surface area contributed by atoms with E-state index in [1.54, 1.807) is 15.6 Å². The van der Waals surface area contributed by atoms with E-state index in [0.29, 0.717) is 25.0 Å². The van der Waals surface area contributed by atoms with Gasteiger partial charge in [0, 0.05) is 30.7 Å². The molecular formula is C12H19N3O2S2. The van der Waals surface area contributed by atoms with Crippen molar-refractivity contribution < 1.29 is 8.42 Å². The Balaban J connectivity index is 1.73. The number of hydrogen-bond acceptors (Lipinski definition) is 5. The number of likely N-dealkylation sites (tertiary alicyclic amines) is 1. The van der Waals surface area contributed by atoms with Gasteiger partial charge >= 0.3 is 0 Å². The van der Waals surface area contributed by atoms with Crippen LogP contribution in [0.15, 0.2) is 11.6 Å². The SMILES string of the molecule is CS(=O)(=O)N1C[C@@H]2CCCN(Cc3nccs3)[C@@H]2C1. The van der Waals surface area contributed by atoms with Crippen LogP contribution in [-0.2, 0) is 16.6 Å². The minimum Gasteiger partial charge on any atom is -0.292 e. The number of piperidine rings is 1. The average molecular weight is 301 g/mol. The van der Waals surface area contributed by atoms with Crippen LogP contribution in [0, 0.1) is 5.92 Å². The Hall–Kier alpha value is -0.500. The lowest BCUT2D eigenvalue weighted by Crippen LogP contribution is -2.44. The van der Waals surface area contributed by atoms with Crippen molar-refractivity contribution in [2.24, 2.45) is 5.92 Å². The molecule has 19 heavy (non-hydrogen) atoms. The molecule has 3 rings (SSSR count). The second-order valence-electron chi connectivity index (χ2n) is 5.45. The Morgan fingerprint density at radius 3 is 3.00 bits per heavy atom. The topological polar surface area (TPSA) is 53.5 Å². The molecular weight excluding hydrogens is 282 g/mol. The van der Waals surface area contributed by atoms with E-state index in [9.17, 15) is 8.42 Å². The molecule has 2 aliphatic rings. The van der Waals surface area contributed by atoms with Crippen molar-refractivity contribution in [3.63, 3.8) is 0 Å². The predicted octanol–water partition coefficient (Wildman–Crippen LogP) is 0.999. The summed E-state index contributed by atoms with van der Waals surface area (Å²) in [5.74, 6) is 0.489. The molecule has 5 nitrogen and oxygen atoms in total. The second kappa shape index (κ2) is 5.12. The van der Waals surface area contributed by atoms with E-state index < -0.39 is 10.0 Å². The van der Waals surface area contributed by atoms with Gasteiger partial charge in [0.2, 0.25) is 10.0 Å². The zero-order valence-corrected chi connectivity index (χ0v) is 12.7. The van der Waals surface area contributed by atoms with Crippen LogP contribution < -0.4 is 0 Å². The molecule has 2 atom stereocenters. The highest BCUT2D eigenvalue weighted by Gasteiger charge is 2.41. The maximum atomic E-state index is 11.7. The zero-order chi connectivity index (χ0) is 13.5. The van der Waals surface area contributed by atoms with Crippen LogP contribution in [0.1, 0.15) is 17.8 Å². The minimum absolute atomic E-state index is 0.368. The summed E-state index contributed by atoms with van der Waals surface area (Å²) in [4.78, 5) is 6.75. The molecule has 0 saturated carbocycles. The van der Waals surface area contributed by atoms with Gasteiger partial charge in [-0.15, -0.1) is 11.3 Å². The van der Waals surface area contributed by atoms with Crippen molar-refractivity contribution in [3.05, 3.63) is 16.6 Å². The van der Waals surface area contributed by atoms with Crippen molar-refractivity contribution in [1.82, 2.24) is 14.2 Å². The van der Waals surface area contributed by atoms with Gasteiger partial charge in [-0.3, -0.25) is 4.90 Å². The van der Waals surface area contributed by atoms with E-state index in [4.69, 9.17) is 0 Å². The molecule has 0 amide bonds. The summed E-state index contributed by atoms with van der Waals surface area (Å²) in [6.07, 6.45) is 5.45. The van der Waals surface area contributed by atoms with Crippen LogP contribution in [-0.4, -0.2) is 54.5 Å². The number of thiazole rings is 1. The quantitative estimate of drug-likeness (QED) is 0.836. The summed E-state index contributed by atoms with van der Waals surface area (Å²) in [7, 11) is -3.05. The fourth-order valence-electron chi connectivity index (χ4n) is 3.21. The van der Waals surface area contributed by atoms with Crippen LogP contribution in [0.3, 0.4) is 0 Å². The summed E-state index contributed by atoms with van der Waals surface area (Å²) >= 11 is 1.67. The standard InChI is InChI=1S/C12H19N3O2S2/c1-19(16,17)15-7-10-3-2-5-14(11(10)8-15)9-12-13-4-6-18-12/h4,6,10-11H,2-3,5,7-9H2,1H3/t10-,11+/m0/s1. The lowest BCUT2D eigenvalue weighted by Gasteiger charge is -2.36. The van der Waals surface area contributed by atoms with E-state index in [-0.39, 0.29) is 0 Å². The number of hydrogen-bond donors (Lipinski definition) is 0. The molecule has 2 fully saturated rings. The summed E-state index contributed by atoms with van der Waals surface area (Å²) in [5.41, 5.74) is 0. The van der Waals surface area contributed by atoms with E-state index in [2.05, 4.69) is 9.88 Å². The highest BCUT2D eigenvalue weighted by atomic mass is 32.2. The fourth-order valence-corrected chi connectivity index (χ4v) is 4.73. The maximum absolute atomic E-state index is 11.7. The van der Waals surface area contributed by atoms with Gasteiger partial charge in [-0.05, 0) is 25.3 Å². The lowest BCUT2D eigenvalue weighted by molar-refractivity contribution is 0.117. The number of fused-ring (bicyclic) bond motifs is 1. The smallest absolute Gasteiger partial charge is 0.211 e. The van der Waals surface area contributed by atoms with Crippen molar-refractivity contribution in [2.45, 2.75) is 25.4 Å². The van der Waals surface area contributed by atoms with Gasteiger partial charge in [-0.25, -0.2) is 17.7 Å². The third-order valence-electron chi connectivity index (χ3n) is 4.15. The molecule has 3 heterocycles. The molecule has 1 aromatic rings. The molecule has 0 unspecified atom stereocenters. The van der Waals surface area contributed by atoms with Gasteiger partial charge in [-0.1, -0.05) is 0 Å². The molecule has 0 spiro atoms. The first-order chi connectivity index (χ1) is 9.04.